The molecule has 45 heavy (non-hydrogen) atoms. The first-order valence-corrected chi connectivity index (χ1v) is 22.6. The second-order valence-electron chi connectivity index (χ2n) is 16.4. The summed E-state index contributed by atoms with van der Waals surface area (Å²) in [6, 6.07) is 0. The van der Waals surface area contributed by atoms with Crippen molar-refractivity contribution < 1.29 is 32.6 Å². The fourth-order valence-electron chi connectivity index (χ4n) is 5.98. The van der Waals surface area contributed by atoms with Gasteiger partial charge in [-0.2, -0.15) is 0 Å². The first kappa shape index (κ1) is 39.8. The van der Waals surface area contributed by atoms with Gasteiger partial charge in [0.2, 0.25) is 0 Å². The average molecular weight is 667 g/mol. The number of ether oxygens (including phenoxy) is 4. The Kier molecular flexibility index (Phi) is 13.5. The molecule has 2 rings (SSSR count). The summed E-state index contributed by atoms with van der Waals surface area (Å²) >= 11 is 0. The van der Waals surface area contributed by atoms with E-state index in [-0.39, 0.29) is 46.6 Å². The summed E-state index contributed by atoms with van der Waals surface area (Å²) in [6.07, 6.45) is 2.50. The molecule has 0 aliphatic carbocycles. The molecule has 1 aromatic rings. The van der Waals surface area contributed by atoms with Crippen LogP contribution in [0.1, 0.15) is 97.9 Å². The Morgan fingerprint density at radius 1 is 0.844 bits per heavy atom. The van der Waals surface area contributed by atoms with E-state index in [2.05, 4.69) is 88.5 Å². The molecule has 0 N–H and O–H groups in total. The predicted molar refractivity (Wildman–Crippen MR) is 190 cm³/mol. The molecule has 6 atom stereocenters. The van der Waals surface area contributed by atoms with Gasteiger partial charge >= 0.3 is 0 Å². The third-order valence-corrected chi connectivity index (χ3v) is 20.0. The van der Waals surface area contributed by atoms with Crippen molar-refractivity contribution >= 4 is 22.9 Å². The first-order valence-electron chi connectivity index (χ1n) is 16.8. The fourth-order valence-corrected chi connectivity index (χ4v) is 8.58. The van der Waals surface area contributed by atoms with Crippen molar-refractivity contribution in [2.45, 2.75) is 143 Å². The molecule has 1 heterocycles. The van der Waals surface area contributed by atoms with Crippen LogP contribution in [-0.4, -0.2) is 63.1 Å². The van der Waals surface area contributed by atoms with Gasteiger partial charge in [-0.3, -0.25) is 0 Å². The van der Waals surface area contributed by atoms with E-state index < -0.39 is 16.6 Å². The predicted octanol–water partition coefficient (Wildman–Crippen LogP) is 9.30. The number of hydrogen-bond donors (Lipinski definition) is 0. The molecule has 1 aliphatic heterocycles. The van der Waals surface area contributed by atoms with Crippen LogP contribution in [0.15, 0.2) is 0 Å². The molecule has 1 aromatic carbocycles. The van der Waals surface area contributed by atoms with Gasteiger partial charge in [-0.1, -0.05) is 62.3 Å². The summed E-state index contributed by atoms with van der Waals surface area (Å²) in [7, 11) is 0.963. The van der Waals surface area contributed by atoms with Crippen LogP contribution >= 0.6 is 0 Å². The number of hydrogen-bond acceptors (Lipinski definition) is 7. The van der Waals surface area contributed by atoms with Crippen LogP contribution in [0.2, 0.25) is 36.3 Å². The van der Waals surface area contributed by atoms with Crippen molar-refractivity contribution in [2.75, 3.05) is 27.9 Å². The lowest BCUT2D eigenvalue weighted by Gasteiger charge is -2.50. The molecule has 0 amide bonds. The summed E-state index contributed by atoms with van der Waals surface area (Å²) < 4.78 is 38.8. The molecule has 0 aromatic heterocycles. The maximum Gasteiger partial charge on any atom is 0.192 e. The van der Waals surface area contributed by atoms with Crippen LogP contribution in [0.5, 0.6) is 17.2 Å². The number of carbonyl (C=O) groups excluding carboxylic acids is 1. The smallest absolute Gasteiger partial charge is 0.192 e. The lowest BCUT2D eigenvalue weighted by molar-refractivity contribution is -0.165. The van der Waals surface area contributed by atoms with Crippen LogP contribution in [0.25, 0.3) is 0 Å². The maximum absolute atomic E-state index is 12.1. The molecule has 0 unspecified atom stereocenters. The van der Waals surface area contributed by atoms with E-state index in [4.69, 9.17) is 27.8 Å². The van der Waals surface area contributed by atoms with Gasteiger partial charge in [-0.05, 0) is 61.9 Å². The lowest BCUT2D eigenvalue weighted by atomic mass is 9.77. The van der Waals surface area contributed by atoms with Gasteiger partial charge in [-0.15, -0.1) is 0 Å². The summed E-state index contributed by atoms with van der Waals surface area (Å²) in [5, 5.41) is 0.238. The lowest BCUT2D eigenvalue weighted by Crippen LogP contribution is -2.53. The Balaban J connectivity index is 2.62. The van der Waals surface area contributed by atoms with Crippen molar-refractivity contribution in [1.29, 1.82) is 0 Å². The van der Waals surface area contributed by atoms with E-state index in [1.54, 1.807) is 21.3 Å². The standard InChI is InChI=1S/C36H66O7Si2/c1-23(22-41-44(14,15)35(5,6)7)18-19-28-24(2)30(43-45(16,17)36(8,9)10)25(3)32(42-28)29-27(20-21-37)31(38-11)26(4)33(39-12)34(29)40-13/h21,23-25,28,30,32H,18-20,22H2,1-17H3/t23-,24-,25+,28+,30-,32+/m0/s1. The molecule has 9 heteroatoms. The third kappa shape index (κ3) is 8.75. The van der Waals surface area contributed by atoms with E-state index in [1.165, 1.54) is 0 Å². The van der Waals surface area contributed by atoms with Gasteiger partial charge < -0.3 is 32.6 Å². The number of benzene rings is 1. The Morgan fingerprint density at radius 2 is 1.38 bits per heavy atom. The summed E-state index contributed by atoms with van der Waals surface area (Å²) in [5.74, 6) is 2.39. The summed E-state index contributed by atoms with van der Waals surface area (Å²) in [5.41, 5.74) is 2.41. The van der Waals surface area contributed by atoms with Crippen LogP contribution in [0.3, 0.4) is 0 Å². The molecule has 1 aliphatic rings. The highest BCUT2D eigenvalue weighted by Crippen LogP contribution is 2.53. The zero-order valence-electron chi connectivity index (χ0n) is 31.7. The fraction of sp³-hybridized carbons (Fsp3) is 0.806. The van der Waals surface area contributed by atoms with Gasteiger partial charge in [0.1, 0.15) is 12.0 Å². The number of carbonyl (C=O) groups is 1. The van der Waals surface area contributed by atoms with E-state index in [0.29, 0.717) is 23.2 Å². The van der Waals surface area contributed by atoms with E-state index in [1.807, 2.05) is 6.92 Å². The van der Waals surface area contributed by atoms with Gasteiger partial charge in [-0.25, -0.2) is 0 Å². The molecule has 1 fully saturated rings. The van der Waals surface area contributed by atoms with Gasteiger partial charge in [0.15, 0.2) is 28.1 Å². The Hall–Kier alpha value is -1.40. The summed E-state index contributed by atoms with van der Waals surface area (Å²) in [4.78, 5) is 12.1. The van der Waals surface area contributed by atoms with Crippen LogP contribution in [0.4, 0.5) is 0 Å². The van der Waals surface area contributed by atoms with E-state index >= 15 is 0 Å². The molecule has 7 nitrogen and oxygen atoms in total. The topological polar surface area (TPSA) is 72.5 Å². The zero-order valence-corrected chi connectivity index (χ0v) is 33.7. The first-order chi connectivity index (χ1) is 20.6. The Labute approximate surface area is 277 Å². The molecule has 0 bridgehead atoms. The van der Waals surface area contributed by atoms with E-state index in [0.717, 1.165) is 42.4 Å². The molecular formula is C36H66O7Si2. The second-order valence-corrected chi connectivity index (χ2v) is 26.0. The average Bonchev–Trinajstić information content (AvgIpc) is 2.93. The Bertz CT molecular complexity index is 1140. The Morgan fingerprint density at radius 3 is 1.84 bits per heavy atom. The largest absolute Gasteiger partial charge is 0.496 e. The minimum atomic E-state index is -2.14. The monoisotopic (exact) mass is 666 g/mol. The van der Waals surface area contributed by atoms with Crippen LogP contribution in [0, 0.1) is 24.7 Å². The van der Waals surface area contributed by atoms with Crippen molar-refractivity contribution in [3.05, 3.63) is 16.7 Å². The van der Waals surface area contributed by atoms with Crippen LogP contribution < -0.4 is 14.2 Å². The molecule has 0 spiro atoms. The van der Waals surface area contributed by atoms with Crippen molar-refractivity contribution in [3.63, 3.8) is 0 Å². The number of aldehydes is 1. The number of rotatable bonds is 14. The van der Waals surface area contributed by atoms with Gasteiger partial charge in [0.05, 0.1) is 39.6 Å². The SMILES string of the molecule is COc1c(C)c(OC)c(OC)c([C@@H]2O[C@H](CC[C@H](C)CO[Si](C)(C)C(C)(C)C)[C@H](C)[C@H](O[Si](C)(C)C(C)(C)C)[C@H]2C)c1CC=O. The molecule has 0 saturated carbocycles. The van der Waals surface area contributed by atoms with E-state index in [9.17, 15) is 4.79 Å². The minimum Gasteiger partial charge on any atom is -0.496 e. The van der Waals surface area contributed by atoms with Crippen molar-refractivity contribution in [2.24, 2.45) is 17.8 Å². The van der Waals surface area contributed by atoms with Crippen LogP contribution in [-0.2, 0) is 24.8 Å². The minimum absolute atomic E-state index is 0.0128. The van der Waals surface area contributed by atoms with Crippen molar-refractivity contribution in [1.82, 2.24) is 0 Å². The molecular weight excluding hydrogens is 601 g/mol. The highest BCUT2D eigenvalue weighted by atomic mass is 28.4. The zero-order chi connectivity index (χ0) is 34.7. The highest BCUT2D eigenvalue weighted by molar-refractivity contribution is 6.74. The van der Waals surface area contributed by atoms with Gasteiger partial charge in [0.25, 0.3) is 0 Å². The summed E-state index contributed by atoms with van der Waals surface area (Å²) in [6.45, 7) is 32.5. The molecule has 0 radical (unpaired) electrons. The molecule has 260 valence electrons. The normalized spacial score (nSPS) is 23.9. The van der Waals surface area contributed by atoms with Crippen molar-refractivity contribution in [3.8, 4) is 17.2 Å². The maximum atomic E-state index is 12.1. The third-order valence-electron chi connectivity index (χ3n) is 11.1. The van der Waals surface area contributed by atoms with Gasteiger partial charge in [0, 0.05) is 41.6 Å². The molecule has 1 saturated heterocycles. The quantitative estimate of drug-likeness (QED) is 0.145. The second kappa shape index (κ2) is 15.2. The highest BCUT2D eigenvalue weighted by Gasteiger charge is 2.49. The number of methoxy groups -OCH3 is 3.